The summed E-state index contributed by atoms with van der Waals surface area (Å²) in [5.41, 5.74) is 5.82. The quantitative estimate of drug-likeness (QED) is 0.764. The van der Waals surface area contributed by atoms with E-state index in [1.807, 2.05) is 6.92 Å². The summed E-state index contributed by atoms with van der Waals surface area (Å²) in [5, 5.41) is 9.25. The average Bonchev–Trinajstić information content (AvgIpc) is 2.75. The van der Waals surface area contributed by atoms with Gasteiger partial charge in [0.25, 0.3) is 0 Å². The molecule has 1 amide bonds. The molecule has 0 radical (unpaired) electrons. The monoisotopic (exact) mass is 254 g/mol. The van der Waals surface area contributed by atoms with Gasteiger partial charge in [0, 0.05) is 18.5 Å². The molecule has 0 aromatic rings. The Hall–Kier alpha value is -1.10. The summed E-state index contributed by atoms with van der Waals surface area (Å²) in [6.07, 6.45) is 3.85. The van der Waals surface area contributed by atoms with Gasteiger partial charge >= 0.3 is 5.97 Å². The van der Waals surface area contributed by atoms with E-state index in [1.165, 1.54) is 0 Å². The van der Waals surface area contributed by atoms with E-state index >= 15 is 0 Å². The van der Waals surface area contributed by atoms with Crippen LogP contribution < -0.4 is 5.73 Å². The minimum absolute atomic E-state index is 0.00208. The number of aliphatic carboxylic acids is 1. The van der Waals surface area contributed by atoms with Gasteiger partial charge in [0.2, 0.25) is 5.91 Å². The molecule has 0 aromatic carbocycles. The van der Waals surface area contributed by atoms with Crippen molar-refractivity contribution < 1.29 is 14.7 Å². The summed E-state index contributed by atoms with van der Waals surface area (Å²) in [6, 6.07) is -0.538. The lowest BCUT2D eigenvalue weighted by Gasteiger charge is -2.37. The number of nitrogens with two attached hydrogens (primary N) is 1. The number of carbonyl (C=O) groups is 2. The Kier molecular flexibility index (Phi) is 3.90. The van der Waals surface area contributed by atoms with Crippen LogP contribution in [0.15, 0.2) is 0 Å². The zero-order valence-electron chi connectivity index (χ0n) is 10.8. The molecule has 4 unspecified atom stereocenters. The lowest BCUT2D eigenvalue weighted by molar-refractivity contribution is -0.154. The normalized spacial score (nSPS) is 36.7. The van der Waals surface area contributed by atoms with Gasteiger partial charge in [0.1, 0.15) is 6.04 Å². The Morgan fingerprint density at radius 1 is 1.22 bits per heavy atom. The Balaban J connectivity index is 2.05. The van der Waals surface area contributed by atoms with E-state index in [0.717, 1.165) is 19.3 Å². The first-order chi connectivity index (χ1) is 8.49. The standard InChI is InChI=1S/C13H22N2O3/c1-8-4-5-15(11(6-8)13(17)18)12(16)9-2-3-10(14)7-9/h8-11H,2-7,14H2,1H3,(H,17,18). The largest absolute Gasteiger partial charge is 0.480 e. The maximum Gasteiger partial charge on any atom is 0.326 e. The predicted molar refractivity (Wildman–Crippen MR) is 66.9 cm³/mol. The van der Waals surface area contributed by atoms with Crippen molar-refractivity contribution in [2.75, 3.05) is 6.54 Å². The van der Waals surface area contributed by atoms with Crippen molar-refractivity contribution in [3.8, 4) is 0 Å². The van der Waals surface area contributed by atoms with E-state index < -0.39 is 12.0 Å². The third kappa shape index (κ3) is 2.66. The second-order valence-corrected chi connectivity index (χ2v) is 5.79. The molecule has 2 rings (SSSR count). The van der Waals surface area contributed by atoms with Crippen molar-refractivity contribution in [1.29, 1.82) is 0 Å². The molecule has 0 bridgehead atoms. The van der Waals surface area contributed by atoms with Gasteiger partial charge in [0.15, 0.2) is 0 Å². The molecule has 1 aliphatic heterocycles. The van der Waals surface area contributed by atoms with E-state index in [-0.39, 0.29) is 17.9 Å². The third-order valence-corrected chi connectivity index (χ3v) is 4.26. The molecule has 1 saturated heterocycles. The van der Waals surface area contributed by atoms with Crippen LogP contribution in [0.25, 0.3) is 0 Å². The molecular weight excluding hydrogens is 232 g/mol. The van der Waals surface area contributed by atoms with E-state index in [4.69, 9.17) is 5.73 Å². The second kappa shape index (κ2) is 5.26. The molecule has 2 aliphatic rings. The van der Waals surface area contributed by atoms with Crippen LogP contribution in [0.3, 0.4) is 0 Å². The number of carboxylic acids is 1. The van der Waals surface area contributed by atoms with Gasteiger partial charge in [-0.15, -0.1) is 0 Å². The highest BCUT2D eigenvalue weighted by molar-refractivity contribution is 5.85. The van der Waals surface area contributed by atoms with E-state index in [1.54, 1.807) is 4.90 Å². The van der Waals surface area contributed by atoms with Crippen LogP contribution in [0.2, 0.25) is 0 Å². The number of nitrogens with zero attached hydrogens (tertiary/aromatic N) is 1. The first-order valence-electron chi connectivity index (χ1n) is 6.78. The summed E-state index contributed by atoms with van der Waals surface area (Å²) in [4.78, 5) is 25.2. The van der Waals surface area contributed by atoms with Crippen molar-refractivity contribution in [3.05, 3.63) is 0 Å². The van der Waals surface area contributed by atoms with Crippen molar-refractivity contribution >= 4 is 11.9 Å². The van der Waals surface area contributed by atoms with Crippen molar-refractivity contribution in [1.82, 2.24) is 4.90 Å². The van der Waals surface area contributed by atoms with Gasteiger partial charge in [-0.25, -0.2) is 4.79 Å². The molecule has 102 valence electrons. The predicted octanol–water partition coefficient (Wildman–Crippen LogP) is 0.825. The number of carboxylic acid groups (broad SMARTS) is 1. The Bertz CT molecular complexity index is 345. The Morgan fingerprint density at radius 3 is 2.50 bits per heavy atom. The number of rotatable bonds is 2. The first kappa shape index (κ1) is 13.3. The number of amides is 1. The Morgan fingerprint density at radius 2 is 1.94 bits per heavy atom. The second-order valence-electron chi connectivity index (χ2n) is 5.79. The molecule has 18 heavy (non-hydrogen) atoms. The molecule has 1 saturated carbocycles. The Labute approximate surface area is 107 Å². The van der Waals surface area contributed by atoms with Crippen LogP contribution in [0.1, 0.15) is 39.0 Å². The number of hydrogen-bond donors (Lipinski definition) is 2. The number of hydrogen-bond acceptors (Lipinski definition) is 3. The molecule has 4 atom stereocenters. The number of piperidine rings is 1. The minimum atomic E-state index is -0.878. The van der Waals surface area contributed by atoms with Crippen LogP contribution in [-0.2, 0) is 9.59 Å². The fraction of sp³-hybridized carbons (Fsp3) is 0.846. The molecule has 1 aliphatic carbocycles. The van der Waals surface area contributed by atoms with Gasteiger partial charge in [0.05, 0.1) is 0 Å². The lowest BCUT2D eigenvalue weighted by Crippen LogP contribution is -2.51. The van der Waals surface area contributed by atoms with Crippen LogP contribution >= 0.6 is 0 Å². The molecule has 5 nitrogen and oxygen atoms in total. The summed E-state index contributed by atoms with van der Waals surface area (Å²) < 4.78 is 0. The lowest BCUT2D eigenvalue weighted by atomic mass is 9.91. The topological polar surface area (TPSA) is 83.6 Å². The van der Waals surface area contributed by atoms with Crippen molar-refractivity contribution in [3.63, 3.8) is 0 Å². The SMILES string of the molecule is CC1CCN(C(=O)C2CCC(N)C2)C(C(=O)O)C1. The summed E-state index contributed by atoms with van der Waals surface area (Å²) in [6.45, 7) is 2.62. The highest BCUT2D eigenvalue weighted by Crippen LogP contribution is 2.30. The molecule has 0 aromatic heterocycles. The molecule has 0 spiro atoms. The molecule has 3 N–H and O–H groups in total. The number of likely N-dealkylation sites (tertiary alicyclic amines) is 1. The average molecular weight is 254 g/mol. The zero-order chi connectivity index (χ0) is 13.3. The van der Waals surface area contributed by atoms with E-state index in [2.05, 4.69) is 0 Å². The van der Waals surface area contributed by atoms with Crippen molar-refractivity contribution in [2.45, 2.75) is 51.1 Å². The van der Waals surface area contributed by atoms with Gasteiger partial charge in [-0.05, 0) is 38.0 Å². The van der Waals surface area contributed by atoms with Crippen LogP contribution in [-0.4, -0.2) is 40.5 Å². The third-order valence-electron chi connectivity index (χ3n) is 4.26. The van der Waals surface area contributed by atoms with Gasteiger partial charge in [-0.1, -0.05) is 6.92 Å². The molecule has 2 fully saturated rings. The first-order valence-corrected chi connectivity index (χ1v) is 6.78. The maximum atomic E-state index is 12.4. The van der Waals surface area contributed by atoms with Gasteiger partial charge in [-0.2, -0.15) is 0 Å². The van der Waals surface area contributed by atoms with Crippen molar-refractivity contribution in [2.24, 2.45) is 17.6 Å². The van der Waals surface area contributed by atoms with Crippen LogP contribution in [0, 0.1) is 11.8 Å². The summed E-state index contributed by atoms with van der Waals surface area (Å²) in [7, 11) is 0. The fourth-order valence-corrected chi connectivity index (χ4v) is 3.11. The van der Waals surface area contributed by atoms with E-state index in [9.17, 15) is 14.7 Å². The highest BCUT2D eigenvalue weighted by Gasteiger charge is 2.39. The fourth-order valence-electron chi connectivity index (χ4n) is 3.11. The molecular formula is C13H22N2O3. The van der Waals surface area contributed by atoms with E-state index in [0.29, 0.717) is 25.3 Å². The minimum Gasteiger partial charge on any atom is -0.480 e. The molecule has 5 heteroatoms. The zero-order valence-corrected chi connectivity index (χ0v) is 10.8. The summed E-state index contributed by atoms with van der Waals surface area (Å²) >= 11 is 0. The van der Waals surface area contributed by atoms with Crippen LogP contribution in [0.4, 0.5) is 0 Å². The van der Waals surface area contributed by atoms with Gasteiger partial charge in [-0.3, -0.25) is 4.79 Å². The van der Waals surface area contributed by atoms with Gasteiger partial charge < -0.3 is 15.7 Å². The molecule has 1 heterocycles. The summed E-state index contributed by atoms with van der Waals surface area (Å²) in [5.74, 6) is -0.560. The number of carbonyl (C=O) groups excluding carboxylic acids is 1. The van der Waals surface area contributed by atoms with Crippen LogP contribution in [0.5, 0.6) is 0 Å². The maximum absolute atomic E-state index is 12.4. The smallest absolute Gasteiger partial charge is 0.326 e. The highest BCUT2D eigenvalue weighted by atomic mass is 16.4.